The molecule has 0 unspecified atom stereocenters. The number of benzene rings is 1. The van der Waals surface area contributed by atoms with E-state index in [-0.39, 0.29) is 29.6 Å². The van der Waals surface area contributed by atoms with Crippen molar-refractivity contribution >= 4 is 11.4 Å². The van der Waals surface area contributed by atoms with Crippen molar-refractivity contribution < 1.29 is 13.6 Å². The molecule has 1 aliphatic heterocycles. The first-order valence-corrected chi connectivity index (χ1v) is 14.4. The van der Waals surface area contributed by atoms with Crippen molar-refractivity contribution in [2.24, 2.45) is 5.92 Å². The summed E-state index contributed by atoms with van der Waals surface area (Å²) in [6.07, 6.45) is 8.07. The van der Waals surface area contributed by atoms with Gasteiger partial charge in [0, 0.05) is 42.5 Å². The highest BCUT2D eigenvalue weighted by atomic mass is 19.1. The van der Waals surface area contributed by atoms with Crippen molar-refractivity contribution in [2.75, 3.05) is 19.6 Å². The van der Waals surface area contributed by atoms with E-state index >= 15 is 0 Å². The van der Waals surface area contributed by atoms with E-state index in [1.54, 1.807) is 22.8 Å². The van der Waals surface area contributed by atoms with Crippen LogP contribution in [0.2, 0.25) is 0 Å². The van der Waals surface area contributed by atoms with E-state index in [1.807, 2.05) is 18.5 Å². The van der Waals surface area contributed by atoms with Crippen LogP contribution in [0.3, 0.4) is 0 Å². The topological polar surface area (TPSA) is 81.2 Å². The number of rotatable bonds is 9. The molecule has 0 N–H and O–H groups in total. The van der Waals surface area contributed by atoms with Gasteiger partial charge in [-0.05, 0) is 74.2 Å². The van der Waals surface area contributed by atoms with Crippen molar-refractivity contribution in [2.45, 2.75) is 45.6 Å². The summed E-state index contributed by atoms with van der Waals surface area (Å²) in [4.78, 5) is 28.1. The van der Waals surface area contributed by atoms with Crippen LogP contribution in [0, 0.1) is 17.7 Å². The molecule has 1 aliphatic rings. The first-order chi connectivity index (χ1) is 20.3. The second kappa shape index (κ2) is 11.9. The number of nitrogens with zero attached hydrogens (tertiary/aromatic N) is 7. The van der Waals surface area contributed by atoms with Gasteiger partial charge in [-0.25, -0.2) is 23.9 Å². The lowest BCUT2D eigenvalue weighted by molar-refractivity contribution is 0.0991. The van der Waals surface area contributed by atoms with Crippen molar-refractivity contribution in [1.82, 2.24) is 34.0 Å². The van der Waals surface area contributed by atoms with Crippen LogP contribution in [0.5, 0.6) is 0 Å². The predicted molar refractivity (Wildman–Crippen MR) is 156 cm³/mol. The summed E-state index contributed by atoms with van der Waals surface area (Å²) in [5.74, 6) is -0.570. The zero-order chi connectivity index (χ0) is 29.2. The number of fused-ring (bicyclic) bond motifs is 1. The standard InChI is InChI=1S/C32H33F2N7O/c1-21(2)10-14-39-15-11-26(12-16-39)40-20-36-31(22-3-5-24(33)6-4-22)32(40)27-7-8-30-37-25(19-41(30)38-27)18-28(42)23-9-13-35-29(34)17-23/h3-9,13,17,19-21,26H,10-12,14-16,18H2,1-2H3. The lowest BCUT2D eigenvalue weighted by Gasteiger charge is -2.33. The Morgan fingerprint density at radius 3 is 2.55 bits per heavy atom. The van der Waals surface area contributed by atoms with Gasteiger partial charge < -0.3 is 9.47 Å². The van der Waals surface area contributed by atoms with Crippen LogP contribution in [-0.2, 0) is 6.42 Å². The van der Waals surface area contributed by atoms with Crippen molar-refractivity contribution in [3.05, 3.63) is 90.3 Å². The number of hydrogen-bond acceptors (Lipinski definition) is 6. The smallest absolute Gasteiger partial charge is 0.213 e. The van der Waals surface area contributed by atoms with Crippen LogP contribution in [0.1, 0.15) is 55.2 Å². The van der Waals surface area contributed by atoms with Gasteiger partial charge in [-0.1, -0.05) is 13.8 Å². The fourth-order valence-corrected chi connectivity index (χ4v) is 5.56. The molecule has 0 aliphatic carbocycles. The molecule has 216 valence electrons. The highest BCUT2D eigenvalue weighted by Gasteiger charge is 2.26. The zero-order valence-electron chi connectivity index (χ0n) is 23.7. The Balaban J connectivity index is 1.31. The molecule has 0 radical (unpaired) electrons. The molecule has 42 heavy (non-hydrogen) atoms. The number of imidazole rings is 2. The maximum atomic E-state index is 13.8. The Morgan fingerprint density at radius 1 is 1.02 bits per heavy atom. The zero-order valence-corrected chi connectivity index (χ0v) is 23.7. The maximum absolute atomic E-state index is 13.8. The van der Waals surface area contributed by atoms with Crippen LogP contribution >= 0.6 is 0 Å². The molecule has 5 heterocycles. The molecule has 5 aromatic rings. The van der Waals surface area contributed by atoms with Gasteiger partial charge in [0.1, 0.15) is 11.5 Å². The average Bonchev–Trinajstić information content (AvgIpc) is 3.60. The number of likely N-dealkylation sites (tertiary alicyclic amines) is 1. The van der Waals surface area contributed by atoms with Crippen LogP contribution in [0.15, 0.2) is 67.3 Å². The summed E-state index contributed by atoms with van der Waals surface area (Å²) in [7, 11) is 0. The summed E-state index contributed by atoms with van der Waals surface area (Å²) in [5.41, 5.74) is 4.48. The number of piperidine rings is 1. The number of pyridine rings is 1. The lowest BCUT2D eigenvalue weighted by atomic mass is 10.0. The number of hydrogen-bond donors (Lipinski definition) is 0. The molecule has 8 nitrogen and oxygen atoms in total. The van der Waals surface area contributed by atoms with E-state index in [2.05, 4.69) is 33.3 Å². The largest absolute Gasteiger partial charge is 0.326 e. The van der Waals surface area contributed by atoms with Crippen molar-refractivity contribution in [3.63, 3.8) is 0 Å². The minimum absolute atomic E-state index is 0.0102. The van der Waals surface area contributed by atoms with Crippen LogP contribution < -0.4 is 0 Å². The minimum Gasteiger partial charge on any atom is -0.326 e. The Bertz CT molecular complexity index is 1700. The van der Waals surface area contributed by atoms with Crippen molar-refractivity contribution in [3.8, 4) is 22.6 Å². The quantitative estimate of drug-likeness (QED) is 0.159. The van der Waals surface area contributed by atoms with Gasteiger partial charge in [0.05, 0.1) is 36.0 Å². The maximum Gasteiger partial charge on any atom is 0.213 e. The molecule has 1 aromatic carbocycles. The summed E-state index contributed by atoms with van der Waals surface area (Å²) in [5, 5.41) is 4.88. The van der Waals surface area contributed by atoms with Crippen molar-refractivity contribution in [1.29, 1.82) is 0 Å². The first-order valence-electron chi connectivity index (χ1n) is 14.4. The Kier molecular flexibility index (Phi) is 7.88. The Labute approximate surface area is 243 Å². The number of carbonyl (C=O) groups excluding carboxylic acids is 1. The second-order valence-electron chi connectivity index (χ2n) is 11.3. The van der Waals surface area contributed by atoms with Gasteiger partial charge in [-0.3, -0.25) is 4.79 Å². The van der Waals surface area contributed by atoms with E-state index in [0.717, 1.165) is 55.5 Å². The fourth-order valence-electron chi connectivity index (χ4n) is 5.56. The van der Waals surface area contributed by atoms with Crippen LogP contribution in [0.25, 0.3) is 28.3 Å². The summed E-state index contributed by atoms with van der Waals surface area (Å²) in [6, 6.07) is 13.0. The molecular weight excluding hydrogens is 536 g/mol. The van der Waals surface area contributed by atoms with E-state index in [1.165, 1.54) is 30.8 Å². The summed E-state index contributed by atoms with van der Waals surface area (Å²) < 4.78 is 31.2. The third-order valence-corrected chi connectivity index (χ3v) is 7.89. The normalized spacial score (nSPS) is 14.7. The molecule has 4 aromatic heterocycles. The van der Waals surface area contributed by atoms with Gasteiger partial charge in [0.2, 0.25) is 5.95 Å². The molecule has 0 spiro atoms. The van der Waals surface area contributed by atoms with Crippen LogP contribution in [0.4, 0.5) is 8.78 Å². The SMILES string of the molecule is CC(C)CCN1CCC(n2cnc(-c3ccc(F)cc3)c2-c2ccc3nc(CC(=O)c4ccnc(F)c4)cn3n2)CC1. The molecule has 0 saturated carbocycles. The van der Waals surface area contributed by atoms with E-state index < -0.39 is 5.95 Å². The minimum atomic E-state index is -0.697. The Hall–Kier alpha value is -4.31. The number of halogens is 2. The highest BCUT2D eigenvalue weighted by Crippen LogP contribution is 2.35. The number of Topliss-reactive ketones (excluding diaryl/α,β-unsaturated/α-hetero) is 1. The monoisotopic (exact) mass is 569 g/mol. The van der Waals surface area contributed by atoms with Gasteiger partial charge in [-0.2, -0.15) is 9.49 Å². The summed E-state index contributed by atoms with van der Waals surface area (Å²) in [6.45, 7) is 7.67. The third kappa shape index (κ3) is 5.99. The molecule has 1 saturated heterocycles. The van der Waals surface area contributed by atoms with Gasteiger partial charge in [0.15, 0.2) is 11.4 Å². The number of ketones is 1. The first kappa shape index (κ1) is 27.8. The highest BCUT2D eigenvalue weighted by molar-refractivity contribution is 5.97. The Morgan fingerprint density at radius 2 is 1.81 bits per heavy atom. The molecule has 0 bridgehead atoms. The second-order valence-corrected chi connectivity index (χ2v) is 11.3. The van der Waals surface area contributed by atoms with Gasteiger partial charge in [0.25, 0.3) is 0 Å². The molecular formula is C32H33F2N7O. The number of carbonyl (C=O) groups is 1. The average molecular weight is 570 g/mol. The molecule has 0 atom stereocenters. The fraction of sp³-hybridized carbons (Fsp3) is 0.344. The van der Waals surface area contributed by atoms with Crippen LogP contribution in [-0.4, -0.2) is 59.5 Å². The van der Waals surface area contributed by atoms with Gasteiger partial charge >= 0.3 is 0 Å². The predicted octanol–water partition coefficient (Wildman–Crippen LogP) is 6.04. The molecule has 10 heteroatoms. The number of aromatic nitrogens is 6. The van der Waals surface area contributed by atoms with E-state index in [9.17, 15) is 13.6 Å². The molecule has 0 amide bonds. The third-order valence-electron chi connectivity index (χ3n) is 7.89. The lowest BCUT2D eigenvalue weighted by Crippen LogP contribution is -2.35. The molecule has 1 fully saturated rings. The van der Waals surface area contributed by atoms with E-state index in [4.69, 9.17) is 10.1 Å². The van der Waals surface area contributed by atoms with E-state index in [0.29, 0.717) is 23.0 Å². The molecule has 6 rings (SSSR count). The summed E-state index contributed by atoms with van der Waals surface area (Å²) >= 11 is 0. The van der Waals surface area contributed by atoms with Gasteiger partial charge in [-0.15, -0.1) is 0 Å².